The summed E-state index contributed by atoms with van der Waals surface area (Å²) in [7, 11) is 0. The largest absolute Gasteiger partial charge is 0.463 e. The Balaban J connectivity index is 1.22. The summed E-state index contributed by atoms with van der Waals surface area (Å²) >= 11 is 0. The van der Waals surface area contributed by atoms with E-state index in [-0.39, 0.29) is 28.9 Å². The summed E-state index contributed by atoms with van der Waals surface area (Å²) in [5.41, 5.74) is 0.693. The van der Waals surface area contributed by atoms with Crippen LogP contribution in [0.4, 0.5) is 0 Å². The standard InChI is InChI=1S/C28H30O15/c29-7-18-21(32)23(34)24(35)27(41-18)43-26-22(33)19(8-30)42-28(25(26)36)40-12-2-3-13-16(6-12)37-9-14(20(13)31)11-1-4-15-17(5-11)39-10-38-15/h1-6,9,18-19,21-30,32-36H,7-8,10H2/t18?,19?,21-,22-,23+,24?,25?,26+,27+,28-/m1/s1. The molecule has 6 rings (SSSR count). The number of rotatable bonds is 7. The fourth-order valence-corrected chi connectivity index (χ4v) is 5.23. The van der Waals surface area contributed by atoms with E-state index < -0.39 is 74.6 Å². The average molecular weight is 607 g/mol. The normalized spacial score (nSPS) is 33.9. The summed E-state index contributed by atoms with van der Waals surface area (Å²) in [6, 6.07) is 9.36. The third kappa shape index (κ3) is 5.44. The Kier molecular flexibility index (Phi) is 8.27. The van der Waals surface area contributed by atoms with E-state index in [0.717, 1.165) is 0 Å². The maximum atomic E-state index is 13.3. The van der Waals surface area contributed by atoms with Gasteiger partial charge in [0.15, 0.2) is 23.2 Å². The lowest BCUT2D eigenvalue weighted by Crippen LogP contribution is -2.65. The Morgan fingerprint density at radius 2 is 1.49 bits per heavy atom. The van der Waals surface area contributed by atoms with Gasteiger partial charge >= 0.3 is 0 Å². The number of benzene rings is 2. The minimum atomic E-state index is -1.81. The Labute approximate surface area is 242 Å². The van der Waals surface area contributed by atoms with Crippen molar-refractivity contribution in [1.29, 1.82) is 0 Å². The molecule has 232 valence electrons. The lowest BCUT2D eigenvalue weighted by Gasteiger charge is -2.45. The number of fused-ring (bicyclic) bond motifs is 2. The summed E-state index contributed by atoms with van der Waals surface area (Å²) in [4.78, 5) is 13.3. The molecule has 43 heavy (non-hydrogen) atoms. The molecule has 0 amide bonds. The lowest BCUT2D eigenvalue weighted by molar-refractivity contribution is -0.352. The Bertz CT molecular complexity index is 1510. The van der Waals surface area contributed by atoms with Gasteiger partial charge in [0.25, 0.3) is 0 Å². The first-order chi connectivity index (χ1) is 20.7. The van der Waals surface area contributed by atoms with Crippen LogP contribution in [0.5, 0.6) is 17.2 Å². The molecule has 0 radical (unpaired) electrons. The second-order valence-corrected chi connectivity index (χ2v) is 10.3. The van der Waals surface area contributed by atoms with E-state index in [1.165, 1.54) is 24.5 Å². The van der Waals surface area contributed by atoms with Gasteiger partial charge in [0.05, 0.1) is 24.2 Å². The van der Waals surface area contributed by atoms with Crippen molar-refractivity contribution < 1.29 is 68.6 Å². The highest BCUT2D eigenvalue weighted by atomic mass is 16.7. The van der Waals surface area contributed by atoms with Gasteiger partial charge in [0.1, 0.15) is 66.4 Å². The third-order valence-corrected chi connectivity index (χ3v) is 7.64. The molecule has 2 fully saturated rings. The zero-order valence-electron chi connectivity index (χ0n) is 22.3. The van der Waals surface area contributed by atoms with E-state index in [1.54, 1.807) is 18.2 Å². The van der Waals surface area contributed by atoms with E-state index in [9.17, 15) is 40.5 Å². The number of ether oxygens (including phenoxy) is 6. The fraction of sp³-hybridized carbons (Fsp3) is 0.464. The molecule has 15 heteroatoms. The molecular weight excluding hydrogens is 576 g/mol. The number of aliphatic hydroxyl groups is 7. The molecule has 10 atom stereocenters. The molecule has 2 saturated heterocycles. The monoisotopic (exact) mass is 606 g/mol. The Morgan fingerprint density at radius 3 is 2.26 bits per heavy atom. The summed E-state index contributed by atoms with van der Waals surface area (Å²) in [5, 5.41) is 71.6. The quantitative estimate of drug-likeness (QED) is 0.157. The number of hydrogen-bond donors (Lipinski definition) is 7. The summed E-state index contributed by atoms with van der Waals surface area (Å²) in [6.45, 7) is -1.34. The average Bonchev–Trinajstić information content (AvgIpc) is 3.49. The van der Waals surface area contributed by atoms with Gasteiger partial charge in [0.2, 0.25) is 13.1 Å². The smallest absolute Gasteiger partial charge is 0.231 e. The Morgan fingerprint density at radius 1 is 0.767 bits per heavy atom. The van der Waals surface area contributed by atoms with Crippen LogP contribution in [-0.4, -0.2) is 117 Å². The van der Waals surface area contributed by atoms with Crippen LogP contribution >= 0.6 is 0 Å². The third-order valence-electron chi connectivity index (χ3n) is 7.64. The van der Waals surface area contributed by atoms with E-state index >= 15 is 0 Å². The molecule has 7 N–H and O–H groups in total. The van der Waals surface area contributed by atoms with Crippen molar-refractivity contribution in [2.75, 3.05) is 20.0 Å². The van der Waals surface area contributed by atoms with E-state index in [2.05, 4.69) is 0 Å². The first-order valence-corrected chi connectivity index (χ1v) is 13.4. The molecule has 4 unspecified atom stereocenters. The van der Waals surface area contributed by atoms with Crippen LogP contribution < -0.4 is 19.6 Å². The number of aliphatic hydroxyl groups excluding tert-OH is 7. The predicted octanol–water partition coefficient (Wildman–Crippen LogP) is -1.81. The molecule has 3 aromatic rings. The van der Waals surface area contributed by atoms with Crippen LogP contribution in [0.15, 0.2) is 51.9 Å². The van der Waals surface area contributed by atoms with Crippen molar-refractivity contribution in [2.45, 2.75) is 61.4 Å². The first-order valence-electron chi connectivity index (χ1n) is 13.4. The van der Waals surface area contributed by atoms with Crippen LogP contribution in [0, 0.1) is 0 Å². The van der Waals surface area contributed by atoms with Gasteiger partial charge in [-0.3, -0.25) is 4.79 Å². The van der Waals surface area contributed by atoms with Crippen molar-refractivity contribution in [3.8, 4) is 28.4 Å². The van der Waals surface area contributed by atoms with Crippen molar-refractivity contribution in [3.05, 3.63) is 52.9 Å². The topological polar surface area (TPSA) is 227 Å². The molecule has 4 heterocycles. The van der Waals surface area contributed by atoms with E-state index in [1.807, 2.05) is 0 Å². The molecule has 0 spiro atoms. The SMILES string of the molecule is O=c1c(-c2ccc3c(c2)OCO3)coc2cc(O[C@@H]3OC(CO)[C@@H](O)[C@H](O[C@@H]4OC(CO)[C@@H](O)[C@H](O)C4O)C3O)ccc12. The van der Waals surface area contributed by atoms with Crippen LogP contribution in [-0.2, 0) is 14.2 Å². The van der Waals surface area contributed by atoms with Crippen molar-refractivity contribution in [3.63, 3.8) is 0 Å². The highest BCUT2D eigenvalue weighted by Crippen LogP contribution is 2.36. The van der Waals surface area contributed by atoms with Gasteiger partial charge in [-0.05, 0) is 29.8 Å². The molecular formula is C28H30O15. The van der Waals surface area contributed by atoms with Crippen LogP contribution in [0.3, 0.4) is 0 Å². The maximum Gasteiger partial charge on any atom is 0.231 e. The van der Waals surface area contributed by atoms with Gasteiger partial charge in [0, 0.05) is 6.07 Å². The summed E-state index contributed by atoms with van der Waals surface area (Å²) in [6.07, 6.45) is -14.7. The van der Waals surface area contributed by atoms with Gasteiger partial charge in [-0.15, -0.1) is 0 Å². The molecule has 3 aliphatic heterocycles. The lowest BCUT2D eigenvalue weighted by atomic mass is 9.97. The van der Waals surface area contributed by atoms with Crippen molar-refractivity contribution >= 4 is 11.0 Å². The van der Waals surface area contributed by atoms with Gasteiger partial charge in [-0.1, -0.05) is 6.07 Å². The molecule has 0 bridgehead atoms. The van der Waals surface area contributed by atoms with Gasteiger partial charge in [-0.2, -0.15) is 0 Å². The Hall–Kier alpha value is -3.35. The second-order valence-electron chi connectivity index (χ2n) is 10.3. The van der Waals surface area contributed by atoms with Crippen molar-refractivity contribution in [2.24, 2.45) is 0 Å². The fourth-order valence-electron chi connectivity index (χ4n) is 5.23. The van der Waals surface area contributed by atoms with Gasteiger partial charge < -0.3 is 68.6 Å². The molecule has 15 nitrogen and oxygen atoms in total. The molecule has 0 saturated carbocycles. The highest BCUT2D eigenvalue weighted by Gasteiger charge is 2.51. The van der Waals surface area contributed by atoms with Crippen LogP contribution in [0.2, 0.25) is 0 Å². The zero-order chi connectivity index (χ0) is 30.4. The molecule has 1 aromatic heterocycles. The zero-order valence-corrected chi connectivity index (χ0v) is 22.3. The maximum absolute atomic E-state index is 13.3. The van der Waals surface area contributed by atoms with Crippen molar-refractivity contribution in [1.82, 2.24) is 0 Å². The molecule has 3 aliphatic rings. The van der Waals surface area contributed by atoms with Crippen LogP contribution in [0.1, 0.15) is 0 Å². The summed E-state index contributed by atoms with van der Waals surface area (Å²) < 4.78 is 38.7. The van der Waals surface area contributed by atoms with Crippen LogP contribution in [0.25, 0.3) is 22.1 Å². The highest BCUT2D eigenvalue weighted by molar-refractivity contribution is 5.83. The van der Waals surface area contributed by atoms with E-state index in [4.69, 9.17) is 32.8 Å². The minimum Gasteiger partial charge on any atom is -0.463 e. The predicted molar refractivity (Wildman–Crippen MR) is 141 cm³/mol. The second kappa shape index (κ2) is 12.0. The number of hydrogen-bond acceptors (Lipinski definition) is 15. The minimum absolute atomic E-state index is 0.0892. The van der Waals surface area contributed by atoms with E-state index in [0.29, 0.717) is 22.6 Å². The first kappa shape index (κ1) is 29.7. The summed E-state index contributed by atoms with van der Waals surface area (Å²) in [5.74, 6) is 1.17. The van der Waals surface area contributed by atoms with Gasteiger partial charge in [-0.25, -0.2) is 0 Å². The molecule has 2 aromatic carbocycles. The molecule has 0 aliphatic carbocycles.